The number of hydrogen-bond acceptors (Lipinski definition) is 4. The van der Waals surface area contributed by atoms with Crippen LogP contribution in [0.2, 0.25) is 0 Å². The summed E-state index contributed by atoms with van der Waals surface area (Å²) in [7, 11) is 0. The van der Waals surface area contributed by atoms with Crippen molar-refractivity contribution < 1.29 is 0 Å². The Morgan fingerprint density at radius 1 is 1.05 bits per heavy atom. The van der Waals surface area contributed by atoms with Crippen molar-refractivity contribution in [2.45, 2.75) is 33.1 Å². The SMILES string of the molecule is CCCNc1cc(Nc2ccccc2I)nc(CCC)n1. The van der Waals surface area contributed by atoms with E-state index in [1.807, 2.05) is 18.2 Å². The fraction of sp³-hybridized carbons (Fsp3) is 0.375. The Labute approximate surface area is 139 Å². The average Bonchev–Trinajstić information content (AvgIpc) is 2.48. The topological polar surface area (TPSA) is 49.8 Å². The standard InChI is InChI=1S/C16H21IN4/c1-3-7-14-20-15(18-10-4-2)11-16(21-14)19-13-9-6-5-8-12(13)17/h5-6,8-9,11H,3-4,7,10H2,1-2H3,(H2,18,19,20,21). The van der Waals surface area contributed by atoms with Crippen LogP contribution in [-0.4, -0.2) is 16.5 Å². The van der Waals surface area contributed by atoms with Crippen LogP contribution in [-0.2, 0) is 6.42 Å². The fourth-order valence-corrected chi connectivity index (χ4v) is 2.46. The summed E-state index contributed by atoms with van der Waals surface area (Å²) >= 11 is 2.32. The summed E-state index contributed by atoms with van der Waals surface area (Å²) < 4.78 is 1.17. The van der Waals surface area contributed by atoms with Gasteiger partial charge in [0.15, 0.2) is 0 Å². The number of nitrogens with zero attached hydrogens (tertiary/aromatic N) is 2. The van der Waals surface area contributed by atoms with Crippen molar-refractivity contribution in [1.29, 1.82) is 0 Å². The molecule has 0 saturated heterocycles. The maximum absolute atomic E-state index is 4.60. The van der Waals surface area contributed by atoms with Crippen molar-refractivity contribution in [2.24, 2.45) is 0 Å². The van der Waals surface area contributed by atoms with Gasteiger partial charge in [-0.3, -0.25) is 0 Å². The van der Waals surface area contributed by atoms with Gasteiger partial charge in [-0.1, -0.05) is 26.0 Å². The first-order chi connectivity index (χ1) is 10.2. The summed E-state index contributed by atoms with van der Waals surface area (Å²) in [6, 6.07) is 10.2. The normalized spacial score (nSPS) is 10.4. The monoisotopic (exact) mass is 396 g/mol. The maximum Gasteiger partial charge on any atom is 0.136 e. The van der Waals surface area contributed by atoms with E-state index in [-0.39, 0.29) is 0 Å². The molecule has 21 heavy (non-hydrogen) atoms. The number of aryl methyl sites for hydroxylation is 1. The Morgan fingerprint density at radius 2 is 1.81 bits per heavy atom. The summed E-state index contributed by atoms with van der Waals surface area (Å²) in [4.78, 5) is 9.16. The zero-order valence-electron chi connectivity index (χ0n) is 12.5. The maximum atomic E-state index is 4.60. The number of para-hydroxylation sites is 1. The minimum atomic E-state index is 0.844. The van der Waals surface area contributed by atoms with E-state index in [4.69, 9.17) is 0 Å². The third-order valence-corrected chi connectivity index (χ3v) is 3.88. The first-order valence-electron chi connectivity index (χ1n) is 7.36. The molecule has 0 fully saturated rings. The third kappa shape index (κ3) is 4.84. The van der Waals surface area contributed by atoms with E-state index < -0.39 is 0 Å². The van der Waals surface area contributed by atoms with Gasteiger partial charge in [-0.25, -0.2) is 9.97 Å². The minimum absolute atomic E-state index is 0.844. The van der Waals surface area contributed by atoms with Gasteiger partial charge in [0, 0.05) is 22.6 Å². The van der Waals surface area contributed by atoms with Crippen LogP contribution in [0.3, 0.4) is 0 Å². The van der Waals surface area contributed by atoms with E-state index in [0.29, 0.717) is 0 Å². The van der Waals surface area contributed by atoms with Crippen molar-refractivity contribution in [2.75, 3.05) is 17.2 Å². The molecule has 2 N–H and O–H groups in total. The van der Waals surface area contributed by atoms with Gasteiger partial charge < -0.3 is 10.6 Å². The van der Waals surface area contributed by atoms with E-state index >= 15 is 0 Å². The number of anilines is 3. The fourth-order valence-electron chi connectivity index (χ4n) is 1.94. The van der Waals surface area contributed by atoms with Gasteiger partial charge in [-0.05, 0) is 47.6 Å². The lowest BCUT2D eigenvalue weighted by Crippen LogP contribution is -2.07. The highest BCUT2D eigenvalue weighted by atomic mass is 127. The molecule has 112 valence electrons. The van der Waals surface area contributed by atoms with E-state index in [2.05, 4.69) is 69.2 Å². The zero-order valence-corrected chi connectivity index (χ0v) is 14.6. The second kappa shape index (κ2) is 8.17. The van der Waals surface area contributed by atoms with Gasteiger partial charge in [-0.2, -0.15) is 0 Å². The zero-order chi connectivity index (χ0) is 15.1. The van der Waals surface area contributed by atoms with Crippen LogP contribution in [0, 0.1) is 3.57 Å². The van der Waals surface area contributed by atoms with Gasteiger partial charge in [0.05, 0.1) is 5.69 Å². The number of aromatic nitrogens is 2. The highest BCUT2D eigenvalue weighted by Gasteiger charge is 2.06. The Morgan fingerprint density at radius 3 is 2.52 bits per heavy atom. The molecular weight excluding hydrogens is 375 g/mol. The number of hydrogen-bond donors (Lipinski definition) is 2. The van der Waals surface area contributed by atoms with E-state index in [1.54, 1.807) is 0 Å². The first kappa shape index (κ1) is 16.0. The predicted molar refractivity (Wildman–Crippen MR) is 97.2 cm³/mol. The number of benzene rings is 1. The molecule has 0 aliphatic rings. The second-order valence-corrected chi connectivity index (χ2v) is 6.00. The smallest absolute Gasteiger partial charge is 0.136 e. The molecular formula is C16H21IN4. The van der Waals surface area contributed by atoms with Gasteiger partial charge in [0.25, 0.3) is 0 Å². The molecule has 2 aromatic rings. The average molecular weight is 396 g/mol. The molecule has 0 unspecified atom stereocenters. The van der Waals surface area contributed by atoms with Gasteiger partial charge in [-0.15, -0.1) is 0 Å². The molecule has 0 spiro atoms. The molecule has 1 heterocycles. The summed E-state index contributed by atoms with van der Waals surface area (Å²) in [5, 5.41) is 6.73. The summed E-state index contributed by atoms with van der Waals surface area (Å²) in [5.41, 5.74) is 1.07. The highest BCUT2D eigenvalue weighted by molar-refractivity contribution is 14.1. The molecule has 0 aliphatic carbocycles. The van der Waals surface area contributed by atoms with Crippen LogP contribution >= 0.6 is 22.6 Å². The quantitative estimate of drug-likeness (QED) is 0.672. The Bertz CT molecular complexity index is 586. The van der Waals surface area contributed by atoms with Crippen LogP contribution in [0.1, 0.15) is 32.5 Å². The van der Waals surface area contributed by atoms with E-state index in [1.165, 1.54) is 3.57 Å². The molecule has 1 aromatic carbocycles. The summed E-state index contributed by atoms with van der Waals surface area (Å²) in [5.74, 6) is 2.62. The summed E-state index contributed by atoms with van der Waals surface area (Å²) in [6.45, 7) is 5.21. The lowest BCUT2D eigenvalue weighted by molar-refractivity contribution is 0.834. The first-order valence-corrected chi connectivity index (χ1v) is 8.44. The van der Waals surface area contributed by atoms with Crippen LogP contribution in [0.15, 0.2) is 30.3 Å². The molecule has 2 rings (SSSR count). The van der Waals surface area contributed by atoms with Crippen molar-refractivity contribution in [3.8, 4) is 0 Å². The number of halogens is 1. The van der Waals surface area contributed by atoms with E-state index in [0.717, 1.165) is 49.0 Å². The Hall–Kier alpha value is -1.37. The molecule has 0 amide bonds. The molecule has 1 aromatic heterocycles. The Balaban J connectivity index is 2.24. The second-order valence-electron chi connectivity index (χ2n) is 4.84. The highest BCUT2D eigenvalue weighted by Crippen LogP contribution is 2.22. The molecule has 5 heteroatoms. The van der Waals surface area contributed by atoms with Crippen LogP contribution in [0.4, 0.5) is 17.3 Å². The van der Waals surface area contributed by atoms with Crippen LogP contribution in [0.5, 0.6) is 0 Å². The Kier molecular flexibility index (Phi) is 6.22. The lowest BCUT2D eigenvalue weighted by atomic mass is 10.3. The summed E-state index contributed by atoms with van der Waals surface area (Å²) in [6.07, 6.45) is 3.01. The molecule has 0 aliphatic heterocycles. The third-order valence-electron chi connectivity index (χ3n) is 2.94. The van der Waals surface area contributed by atoms with Crippen LogP contribution < -0.4 is 10.6 Å². The number of nitrogens with one attached hydrogen (secondary N) is 2. The van der Waals surface area contributed by atoms with Gasteiger partial charge in [0.2, 0.25) is 0 Å². The van der Waals surface area contributed by atoms with Gasteiger partial charge in [0.1, 0.15) is 17.5 Å². The van der Waals surface area contributed by atoms with Crippen molar-refractivity contribution in [1.82, 2.24) is 9.97 Å². The molecule has 4 nitrogen and oxygen atoms in total. The lowest BCUT2D eigenvalue weighted by Gasteiger charge is -2.12. The number of rotatable bonds is 7. The molecule has 0 saturated carbocycles. The minimum Gasteiger partial charge on any atom is -0.370 e. The molecule has 0 bridgehead atoms. The van der Waals surface area contributed by atoms with Crippen LogP contribution in [0.25, 0.3) is 0 Å². The predicted octanol–water partition coefficient (Wildman–Crippen LogP) is 4.60. The molecule has 0 atom stereocenters. The largest absolute Gasteiger partial charge is 0.370 e. The van der Waals surface area contributed by atoms with Gasteiger partial charge >= 0.3 is 0 Å². The molecule has 0 radical (unpaired) electrons. The van der Waals surface area contributed by atoms with E-state index in [9.17, 15) is 0 Å². The van der Waals surface area contributed by atoms with Crippen molar-refractivity contribution in [3.63, 3.8) is 0 Å². The van der Waals surface area contributed by atoms with Crippen molar-refractivity contribution in [3.05, 3.63) is 39.7 Å². The van der Waals surface area contributed by atoms with Crippen molar-refractivity contribution >= 4 is 39.9 Å².